The maximum Gasteiger partial charge on any atom is 0.144 e. The molecule has 4 nitrogen and oxygen atoms in total. The van der Waals surface area contributed by atoms with Crippen LogP contribution in [-0.2, 0) is 0 Å². The van der Waals surface area contributed by atoms with E-state index in [1.54, 1.807) is 0 Å². The molecule has 2 aromatic heterocycles. The molecule has 0 radical (unpaired) electrons. The Bertz CT molecular complexity index is 1410. The van der Waals surface area contributed by atoms with Crippen LogP contribution in [0.1, 0.15) is 25.7 Å². The van der Waals surface area contributed by atoms with E-state index in [2.05, 4.69) is 33.4 Å². The molecule has 0 fully saturated rings. The SMILES string of the molecule is Cc1nc2ccc(-c3nc(-c4c(F)cccc4F)[nH]c3-c3ccccc3)cc2n1C(C)C. The quantitative estimate of drug-likeness (QED) is 0.337. The third-order valence-electron chi connectivity index (χ3n) is 5.62. The molecule has 0 aliphatic carbocycles. The molecule has 0 bridgehead atoms. The van der Waals surface area contributed by atoms with E-state index in [0.29, 0.717) is 11.4 Å². The molecule has 0 spiro atoms. The van der Waals surface area contributed by atoms with Gasteiger partial charge in [-0.3, -0.25) is 0 Å². The fourth-order valence-corrected chi connectivity index (χ4v) is 4.25. The molecule has 3 aromatic carbocycles. The summed E-state index contributed by atoms with van der Waals surface area (Å²) in [6.45, 7) is 6.22. The maximum atomic E-state index is 14.5. The smallest absolute Gasteiger partial charge is 0.144 e. The van der Waals surface area contributed by atoms with E-state index in [-0.39, 0.29) is 17.4 Å². The summed E-state index contributed by atoms with van der Waals surface area (Å²) in [6, 6.07) is 19.7. The first-order valence-electron chi connectivity index (χ1n) is 10.5. The molecule has 0 saturated heterocycles. The number of fused-ring (bicyclic) bond motifs is 1. The molecule has 5 rings (SSSR count). The number of benzene rings is 3. The Morgan fingerprint density at radius 1 is 0.844 bits per heavy atom. The zero-order chi connectivity index (χ0) is 22.4. The van der Waals surface area contributed by atoms with Gasteiger partial charge in [-0.2, -0.15) is 0 Å². The average Bonchev–Trinajstić information content (AvgIpc) is 3.34. The molecule has 0 amide bonds. The molecule has 0 aliphatic rings. The number of imidazole rings is 2. The van der Waals surface area contributed by atoms with Gasteiger partial charge >= 0.3 is 0 Å². The van der Waals surface area contributed by atoms with Crippen LogP contribution in [0.4, 0.5) is 8.78 Å². The van der Waals surface area contributed by atoms with Gasteiger partial charge in [0.25, 0.3) is 0 Å². The van der Waals surface area contributed by atoms with E-state index in [4.69, 9.17) is 0 Å². The van der Waals surface area contributed by atoms with Crippen LogP contribution >= 0.6 is 0 Å². The Balaban J connectivity index is 1.77. The third-order valence-corrected chi connectivity index (χ3v) is 5.62. The molecule has 6 heteroatoms. The van der Waals surface area contributed by atoms with E-state index >= 15 is 0 Å². The lowest BCUT2D eigenvalue weighted by molar-refractivity contribution is 0.588. The minimum absolute atomic E-state index is 0.156. The molecular weight excluding hydrogens is 406 g/mol. The minimum atomic E-state index is -0.658. The first-order chi connectivity index (χ1) is 15.4. The Morgan fingerprint density at radius 3 is 2.25 bits per heavy atom. The third kappa shape index (κ3) is 3.28. The van der Waals surface area contributed by atoms with Crippen LogP contribution in [0.5, 0.6) is 0 Å². The molecule has 0 unspecified atom stereocenters. The van der Waals surface area contributed by atoms with Gasteiger partial charge in [-0.15, -0.1) is 0 Å². The fraction of sp³-hybridized carbons (Fsp3) is 0.154. The molecule has 2 heterocycles. The number of hydrogen-bond donors (Lipinski definition) is 1. The van der Waals surface area contributed by atoms with E-state index in [1.807, 2.05) is 55.5 Å². The maximum absolute atomic E-state index is 14.5. The van der Waals surface area contributed by atoms with E-state index in [1.165, 1.54) is 18.2 Å². The molecule has 0 saturated carbocycles. The number of aryl methyl sites for hydroxylation is 1. The van der Waals surface area contributed by atoms with Crippen molar-refractivity contribution in [3.63, 3.8) is 0 Å². The molecular formula is C26H22F2N4. The van der Waals surface area contributed by atoms with Crippen LogP contribution in [0.2, 0.25) is 0 Å². The highest BCUT2D eigenvalue weighted by atomic mass is 19.1. The monoisotopic (exact) mass is 428 g/mol. The highest BCUT2D eigenvalue weighted by Gasteiger charge is 2.21. The number of nitrogens with zero attached hydrogens (tertiary/aromatic N) is 3. The van der Waals surface area contributed by atoms with Gasteiger partial charge in [-0.05, 0) is 45.0 Å². The average molecular weight is 428 g/mol. The van der Waals surface area contributed by atoms with Crippen molar-refractivity contribution >= 4 is 11.0 Å². The zero-order valence-electron chi connectivity index (χ0n) is 18.0. The lowest BCUT2D eigenvalue weighted by Gasteiger charge is -2.11. The number of nitrogens with one attached hydrogen (secondary N) is 1. The summed E-state index contributed by atoms with van der Waals surface area (Å²) in [7, 11) is 0. The molecule has 5 aromatic rings. The number of halogens is 2. The highest BCUT2D eigenvalue weighted by molar-refractivity contribution is 5.87. The Morgan fingerprint density at radius 2 is 1.56 bits per heavy atom. The largest absolute Gasteiger partial charge is 0.337 e. The van der Waals surface area contributed by atoms with Crippen LogP contribution < -0.4 is 0 Å². The predicted molar refractivity (Wildman–Crippen MR) is 123 cm³/mol. The van der Waals surface area contributed by atoms with Crippen LogP contribution in [0.15, 0.2) is 66.7 Å². The van der Waals surface area contributed by atoms with Crippen LogP contribution in [0.3, 0.4) is 0 Å². The summed E-state index contributed by atoms with van der Waals surface area (Å²) in [5, 5.41) is 0. The van der Waals surface area contributed by atoms with Crippen molar-refractivity contribution in [1.29, 1.82) is 0 Å². The lowest BCUT2D eigenvalue weighted by atomic mass is 10.0. The Labute approximate surface area is 184 Å². The van der Waals surface area contributed by atoms with Gasteiger partial charge in [-0.25, -0.2) is 18.7 Å². The second-order valence-corrected chi connectivity index (χ2v) is 8.10. The van der Waals surface area contributed by atoms with Crippen molar-refractivity contribution in [1.82, 2.24) is 19.5 Å². The minimum Gasteiger partial charge on any atom is -0.337 e. The van der Waals surface area contributed by atoms with Crippen molar-refractivity contribution in [2.75, 3.05) is 0 Å². The molecule has 1 N–H and O–H groups in total. The van der Waals surface area contributed by atoms with Crippen LogP contribution in [0.25, 0.3) is 44.9 Å². The lowest BCUT2D eigenvalue weighted by Crippen LogP contribution is -2.02. The Kier molecular flexibility index (Phi) is 4.85. The number of aromatic amines is 1. The fourth-order valence-electron chi connectivity index (χ4n) is 4.25. The number of H-pyrrole nitrogens is 1. The molecule has 32 heavy (non-hydrogen) atoms. The second kappa shape index (κ2) is 7.71. The van der Waals surface area contributed by atoms with Gasteiger partial charge < -0.3 is 9.55 Å². The van der Waals surface area contributed by atoms with Crippen molar-refractivity contribution in [2.45, 2.75) is 26.8 Å². The van der Waals surface area contributed by atoms with Crippen molar-refractivity contribution in [2.24, 2.45) is 0 Å². The van der Waals surface area contributed by atoms with Gasteiger partial charge in [-0.1, -0.05) is 42.5 Å². The normalized spacial score (nSPS) is 11.6. The Hall–Kier alpha value is -3.80. The number of rotatable bonds is 4. The van der Waals surface area contributed by atoms with Gasteiger partial charge in [0.15, 0.2) is 0 Å². The van der Waals surface area contributed by atoms with Crippen LogP contribution in [0, 0.1) is 18.6 Å². The first-order valence-corrected chi connectivity index (χ1v) is 10.5. The molecule has 160 valence electrons. The van der Waals surface area contributed by atoms with Crippen molar-refractivity contribution in [3.8, 4) is 33.9 Å². The topological polar surface area (TPSA) is 46.5 Å². The molecule has 0 atom stereocenters. The van der Waals surface area contributed by atoms with E-state index < -0.39 is 11.6 Å². The molecule has 0 aliphatic heterocycles. The van der Waals surface area contributed by atoms with Crippen LogP contribution in [-0.4, -0.2) is 19.5 Å². The van der Waals surface area contributed by atoms with Crippen molar-refractivity contribution < 1.29 is 8.78 Å². The summed E-state index contributed by atoms with van der Waals surface area (Å²) in [5.74, 6) is -0.225. The summed E-state index contributed by atoms with van der Waals surface area (Å²) in [4.78, 5) is 12.5. The zero-order valence-corrected chi connectivity index (χ0v) is 18.0. The number of hydrogen-bond acceptors (Lipinski definition) is 2. The summed E-state index contributed by atoms with van der Waals surface area (Å²) in [5.41, 5.74) is 4.79. The van der Waals surface area contributed by atoms with Gasteiger partial charge in [0.2, 0.25) is 0 Å². The summed E-state index contributed by atoms with van der Waals surface area (Å²) < 4.78 is 31.2. The summed E-state index contributed by atoms with van der Waals surface area (Å²) >= 11 is 0. The summed E-state index contributed by atoms with van der Waals surface area (Å²) in [6.07, 6.45) is 0. The van der Waals surface area contributed by atoms with Gasteiger partial charge in [0.1, 0.15) is 23.3 Å². The highest BCUT2D eigenvalue weighted by Crippen LogP contribution is 2.36. The van der Waals surface area contributed by atoms with E-state index in [9.17, 15) is 8.78 Å². The van der Waals surface area contributed by atoms with Gasteiger partial charge in [0, 0.05) is 17.2 Å². The first kappa shape index (κ1) is 20.1. The number of aromatic nitrogens is 4. The standard InChI is InChI=1S/C26H22F2N4/c1-15(2)32-16(3)29-21-13-12-18(14-22(21)32)25-24(17-8-5-4-6-9-17)30-26(31-25)23-19(27)10-7-11-20(23)28/h4-15H,1-3H3,(H,30,31). The predicted octanol–water partition coefficient (Wildman–Crippen LogP) is 6.93. The second-order valence-electron chi connectivity index (χ2n) is 8.10. The van der Waals surface area contributed by atoms with E-state index in [0.717, 1.165) is 28.0 Å². The van der Waals surface area contributed by atoms with Crippen molar-refractivity contribution in [3.05, 3.63) is 84.2 Å². The van der Waals surface area contributed by atoms with Gasteiger partial charge in [0.05, 0.1) is 28.0 Å².